The molecular formula is C17H14N2O. The number of nitrogens with zero attached hydrogens (tertiary/aromatic N) is 1. The minimum Gasteiger partial charge on any atom is -0.321 e. The van der Waals surface area contributed by atoms with Crippen molar-refractivity contribution in [2.75, 3.05) is 5.32 Å². The lowest BCUT2D eigenvalue weighted by molar-refractivity contribution is -0.112. The van der Waals surface area contributed by atoms with Gasteiger partial charge < -0.3 is 5.32 Å². The number of amides is 1. The first kappa shape index (κ1) is 13.6. The van der Waals surface area contributed by atoms with Crippen molar-refractivity contribution in [3.05, 3.63) is 71.3 Å². The number of hydrogen-bond donors (Lipinski definition) is 1. The minimum atomic E-state index is -0.403. The van der Waals surface area contributed by atoms with Crippen molar-refractivity contribution in [1.29, 1.82) is 5.26 Å². The molecule has 0 radical (unpaired) electrons. The summed E-state index contributed by atoms with van der Waals surface area (Å²) in [6.07, 6.45) is 1.57. The van der Waals surface area contributed by atoms with Crippen molar-refractivity contribution in [2.24, 2.45) is 0 Å². The van der Waals surface area contributed by atoms with Gasteiger partial charge in [0.2, 0.25) is 0 Å². The standard InChI is InChI=1S/C17H14N2O/c1-13-7-9-16(10-8-13)19-17(20)15(12-18)11-14-5-3-2-4-6-14/h2-11H,1H3,(H,19,20)/b15-11-. The monoisotopic (exact) mass is 262 g/mol. The van der Waals surface area contributed by atoms with Crippen LogP contribution in [0.3, 0.4) is 0 Å². The maximum absolute atomic E-state index is 12.0. The average molecular weight is 262 g/mol. The predicted octanol–water partition coefficient (Wildman–Crippen LogP) is 3.54. The first-order valence-corrected chi connectivity index (χ1v) is 6.24. The Bertz CT molecular complexity index is 664. The third-order valence-electron chi connectivity index (χ3n) is 2.79. The van der Waals surface area contributed by atoms with E-state index in [0.717, 1.165) is 11.1 Å². The number of carbonyl (C=O) groups is 1. The molecule has 0 saturated heterocycles. The van der Waals surface area contributed by atoms with E-state index in [0.29, 0.717) is 5.69 Å². The van der Waals surface area contributed by atoms with Crippen LogP contribution >= 0.6 is 0 Å². The van der Waals surface area contributed by atoms with Crippen LogP contribution in [0.1, 0.15) is 11.1 Å². The van der Waals surface area contributed by atoms with E-state index in [1.54, 1.807) is 6.08 Å². The van der Waals surface area contributed by atoms with Gasteiger partial charge in [-0.05, 0) is 30.7 Å². The number of benzene rings is 2. The molecule has 3 heteroatoms. The van der Waals surface area contributed by atoms with Gasteiger partial charge in [0.15, 0.2) is 0 Å². The Balaban J connectivity index is 2.16. The van der Waals surface area contributed by atoms with Gasteiger partial charge in [-0.25, -0.2) is 0 Å². The SMILES string of the molecule is Cc1ccc(NC(=O)/C(C#N)=C\c2ccccc2)cc1. The highest BCUT2D eigenvalue weighted by atomic mass is 16.1. The average Bonchev–Trinajstić information content (AvgIpc) is 2.48. The van der Waals surface area contributed by atoms with Crippen LogP contribution in [-0.4, -0.2) is 5.91 Å². The van der Waals surface area contributed by atoms with Crippen LogP contribution in [0.2, 0.25) is 0 Å². The highest BCUT2D eigenvalue weighted by Crippen LogP contribution is 2.12. The van der Waals surface area contributed by atoms with E-state index in [2.05, 4.69) is 5.32 Å². The fourth-order valence-electron chi connectivity index (χ4n) is 1.70. The van der Waals surface area contributed by atoms with E-state index in [1.807, 2.05) is 67.6 Å². The van der Waals surface area contributed by atoms with Crippen LogP contribution in [0, 0.1) is 18.3 Å². The lowest BCUT2D eigenvalue weighted by Crippen LogP contribution is -2.13. The van der Waals surface area contributed by atoms with Crippen LogP contribution < -0.4 is 5.32 Å². The predicted molar refractivity (Wildman–Crippen MR) is 79.8 cm³/mol. The Hall–Kier alpha value is -2.86. The van der Waals surface area contributed by atoms with Crippen molar-refractivity contribution in [2.45, 2.75) is 6.92 Å². The van der Waals surface area contributed by atoms with Gasteiger partial charge in [0, 0.05) is 5.69 Å². The number of carbonyl (C=O) groups excluding carboxylic acids is 1. The Morgan fingerprint density at radius 3 is 2.35 bits per heavy atom. The van der Waals surface area contributed by atoms with E-state index in [1.165, 1.54) is 0 Å². The summed E-state index contributed by atoms with van der Waals surface area (Å²) in [5.74, 6) is -0.403. The van der Waals surface area contributed by atoms with E-state index in [9.17, 15) is 4.79 Å². The smallest absolute Gasteiger partial charge is 0.266 e. The summed E-state index contributed by atoms with van der Waals surface area (Å²) < 4.78 is 0. The summed E-state index contributed by atoms with van der Waals surface area (Å²) >= 11 is 0. The molecule has 0 spiro atoms. The highest BCUT2D eigenvalue weighted by molar-refractivity contribution is 6.09. The first-order valence-electron chi connectivity index (χ1n) is 6.24. The number of rotatable bonds is 3. The molecule has 0 aliphatic heterocycles. The van der Waals surface area contributed by atoms with Crippen LogP contribution in [0.25, 0.3) is 6.08 Å². The Morgan fingerprint density at radius 1 is 1.10 bits per heavy atom. The van der Waals surface area contributed by atoms with Crippen molar-refractivity contribution < 1.29 is 4.79 Å². The first-order chi connectivity index (χ1) is 9.69. The van der Waals surface area contributed by atoms with Gasteiger partial charge in [-0.2, -0.15) is 5.26 Å². The number of nitriles is 1. The van der Waals surface area contributed by atoms with Crippen LogP contribution in [-0.2, 0) is 4.79 Å². The zero-order chi connectivity index (χ0) is 14.4. The molecule has 0 bridgehead atoms. The van der Waals surface area contributed by atoms with Gasteiger partial charge in [-0.1, -0.05) is 48.0 Å². The zero-order valence-corrected chi connectivity index (χ0v) is 11.1. The molecule has 2 aromatic rings. The molecule has 0 heterocycles. The molecule has 1 amide bonds. The maximum Gasteiger partial charge on any atom is 0.266 e. The molecular weight excluding hydrogens is 248 g/mol. The van der Waals surface area contributed by atoms with E-state index < -0.39 is 5.91 Å². The summed E-state index contributed by atoms with van der Waals surface area (Å²) in [5, 5.41) is 11.8. The molecule has 0 saturated carbocycles. The summed E-state index contributed by atoms with van der Waals surface area (Å²) in [6, 6.07) is 18.7. The molecule has 3 nitrogen and oxygen atoms in total. The quantitative estimate of drug-likeness (QED) is 0.679. The summed E-state index contributed by atoms with van der Waals surface area (Å²) in [6.45, 7) is 1.97. The number of nitrogens with one attached hydrogen (secondary N) is 1. The van der Waals surface area contributed by atoms with Crippen molar-refractivity contribution in [3.63, 3.8) is 0 Å². The highest BCUT2D eigenvalue weighted by Gasteiger charge is 2.09. The second kappa shape index (κ2) is 6.35. The fraction of sp³-hybridized carbons (Fsp3) is 0.0588. The summed E-state index contributed by atoms with van der Waals surface area (Å²) in [7, 11) is 0. The van der Waals surface area contributed by atoms with Gasteiger partial charge in [0.05, 0.1) is 0 Å². The summed E-state index contributed by atoms with van der Waals surface area (Å²) in [4.78, 5) is 12.0. The lowest BCUT2D eigenvalue weighted by atomic mass is 10.1. The third-order valence-corrected chi connectivity index (χ3v) is 2.79. The van der Waals surface area contributed by atoms with E-state index in [-0.39, 0.29) is 5.57 Å². The normalized spacial score (nSPS) is 10.7. The van der Waals surface area contributed by atoms with E-state index >= 15 is 0 Å². The minimum absolute atomic E-state index is 0.0803. The largest absolute Gasteiger partial charge is 0.321 e. The Kier molecular flexibility index (Phi) is 4.31. The topological polar surface area (TPSA) is 52.9 Å². The van der Waals surface area contributed by atoms with Gasteiger partial charge in [-0.15, -0.1) is 0 Å². The molecule has 98 valence electrons. The number of anilines is 1. The molecule has 0 aliphatic carbocycles. The van der Waals surface area contributed by atoms with Gasteiger partial charge in [0.1, 0.15) is 11.6 Å². The second-order valence-corrected chi connectivity index (χ2v) is 4.40. The molecule has 2 rings (SSSR count). The fourth-order valence-corrected chi connectivity index (χ4v) is 1.70. The van der Waals surface area contributed by atoms with E-state index in [4.69, 9.17) is 5.26 Å². The molecule has 0 aliphatic rings. The second-order valence-electron chi connectivity index (χ2n) is 4.40. The van der Waals surface area contributed by atoms with Crippen molar-refractivity contribution >= 4 is 17.7 Å². The van der Waals surface area contributed by atoms with Crippen molar-refractivity contribution in [1.82, 2.24) is 0 Å². The van der Waals surface area contributed by atoms with Crippen LogP contribution in [0.4, 0.5) is 5.69 Å². The summed E-state index contributed by atoms with van der Waals surface area (Å²) in [5.41, 5.74) is 2.69. The molecule has 20 heavy (non-hydrogen) atoms. The Morgan fingerprint density at radius 2 is 1.75 bits per heavy atom. The van der Waals surface area contributed by atoms with Crippen molar-refractivity contribution in [3.8, 4) is 6.07 Å². The maximum atomic E-state index is 12.0. The molecule has 1 N–H and O–H groups in total. The Labute approximate surface area is 118 Å². The molecule has 2 aromatic carbocycles. The lowest BCUT2D eigenvalue weighted by Gasteiger charge is -2.04. The zero-order valence-electron chi connectivity index (χ0n) is 11.1. The molecule has 0 fully saturated rings. The van der Waals surface area contributed by atoms with Crippen LogP contribution in [0.15, 0.2) is 60.2 Å². The third kappa shape index (κ3) is 3.56. The van der Waals surface area contributed by atoms with Gasteiger partial charge in [0.25, 0.3) is 5.91 Å². The number of hydrogen-bond acceptors (Lipinski definition) is 2. The van der Waals surface area contributed by atoms with Gasteiger partial charge >= 0.3 is 0 Å². The molecule has 0 atom stereocenters. The molecule has 0 aromatic heterocycles. The van der Waals surface area contributed by atoms with Crippen LogP contribution in [0.5, 0.6) is 0 Å². The molecule has 0 unspecified atom stereocenters. The number of aryl methyl sites for hydroxylation is 1. The van der Waals surface area contributed by atoms with Gasteiger partial charge in [-0.3, -0.25) is 4.79 Å².